The Kier molecular flexibility index (Phi) is 6.70. The Bertz CT molecular complexity index is 1570. The number of rotatable bonds is 4. The molecule has 1 unspecified atom stereocenters. The number of hydrogen-bond donors (Lipinski definition) is 2. The van der Waals surface area contributed by atoms with Gasteiger partial charge in [-0.05, 0) is 35.3 Å². The lowest BCUT2D eigenvalue weighted by molar-refractivity contribution is -0.916. The van der Waals surface area contributed by atoms with E-state index in [0.717, 1.165) is 36.5 Å². The van der Waals surface area contributed by atoms with Crippen molar-refractivity contribution >= 4 is 46.7 Å². The fraction of sp³-hybridized carbons (Fsp3) is 0.452. The first-order valence-electron chi connectivity index (χ1n) is 14.3. The quantitative estimate of drug-likeness (QED) is 0.490. The van der Waals surface area contributed by atoms with E-state index in [4.69, 9.17) is 42.5 Å². The predicted molar refractivity (Wildman–Crippen MR) is 153 cm³/mol. The van der Waals surface area contributed by atoms with Gasteiger partial charge >= 0.3 is 5.97 Å². The zero-order chi connectivity index (χ0) is 30.4. The summed E-state index contributed by atoms with van der Waals surface area (Å²) in [5.41, 5.74) is 3.02. The Morgan fingerprint density at radius 1 is 1.12 bits per heavy atom. The third-order valence-corrected chi connectivity index (χ3v) is 11.2. The number of aromatic carboxylic acids is 2. The largest absolute Gasteiger partial charge is 0.545 e. The highest BCUT2D eigenvalue weighted by Crippen LogP contribution is 2.63. The zero-order valence-electron chi connectivity index (χ0n) is 23.5. The van der Waals surface area contributed by atoms with Crippen LogP contribution < -0.4 is 24.4 Å². The van der Waals surface area contributed by atoms with E-state index < -0.39 is 23.1 Å². The van der Waals surface area contributed by atoms with Gasteiger partial charge in [-0.2, -0.15) is 0 Å². The standard InChI is InChI=1S/C23H26N2O4.C8H4Cl2O4/c1-27-16-8-14-15(9-17(16)28-2)25-20(26)10-18-21-13-7-19-23(14,22(21)25)4-5-24(19)11-12(13)3-6-29-18;9-5-1-3(7(11)12)4(8(13)14)2-6(5)10/h3,8-9,13,18-19,21-22H,4-7,10-11H2,1-2H3;1-2H,(H,11,12)(H,13,14)/t13-,18-,19-,21-,22-,23+;/m0./s1. The molecular weight excluding hydrogens is 599 g/mol. The minimum absolute atomic E-state index is 0.0128. The molecule has 2 aromatic rings. The van der Waals surface area contributed by atoms with Gasteiger partial charge in [-0.25, -0.2) is 4.79 Å². The van der Waals surface area contributed by atoms with Crippen LogP contribution >= 0.6 is 23.2 Å². The number of nitrogens with one attached hydrogen (secondary N) is 1. The topological polar surface area (TPSA) is 130 Å². The van der Waals surface area contributed by atoms with Crippen molar-refractivity contribution in [3.63, 3.8) is 0 Å². The summed E-state index contributed by atoms with van der Waals surface area (Å²) in [5.74, 6) is -0.377. The predicted octanol–water partition coefficient (Wildman–Crippen LogP) is 1.75. The average Bonchev–Trinajstić information content (AvgIpc) is 3.45. The van der Waals surface area contributed by atoms with Gasteiger partial charge in [-0.15, -0.1) is 0 Å². The number of fused-ring (bicyclic) bond motifs is 2. The SMILES string of the molecule is COc1cc2c(cc1OC)[C@@]13CC[NH+]4CC5=CCO[C@H]6CC(=O)N2[C@H]1[C@H]6[C@H]5C[C@H]43.O=C([O-])c1cc(Cl)c(Cl)cc1C(=O)O. The second kappa shape index (κ2) is 10.1. The van der Waals surface area contributed by atoms with Gasteiger partial charge in [-0.3, -0.25) is 4.79 Å². The number of methoxy groups -OCH3 is 2. The number of carboxylic acids is 2. The number of carboxylic acid groups (broad SMARTS) is 2. The first-order chi connectivity index (χ1) is 20.6. The number of benzene rings is 2. The summed E-state index contributed by atoms with van der Waals surface area (Å²) in [6.45, 7) is 2.98. The molecular formula is C31H30Cl2N2O8. The molecule has 1 amide bonds. The Morgan fingerprint density at radius 2 is 1.81 bits per heavy atom. The Morgan fingerprint density at radius 3 is 2.49 bits per heavy atom. The van der Waals surface area contributed by atoms with Crippen molar-refractivity contribution in [2.75, 3.05) is 38.8 Å². The number of halogens is 2. The first kappa shape index (κ1) is 28.5. The van der Waals surface area contributed by atoms with Crippen LogP contribution in [0.1, 0.15) is 45.5 Å². The molecule has 1 spiro atoms. The molecule has 4 fully saturated rings. The summed E-state index contributed by atoms with van der Waals surface area (Å²) in [6.07, 6.45) is 5.22. The normalized spacial score (nSPS) is 32.1. The van der Waals surface area contributed by atoms with E-state index in [1.807, 2.05) is 0 Å². The molecule has 1 aliphatic carbocycles. The van der Waals surface area contributed by atoms with Crippen LogP contribution in [0.3, 0.4) is 0 Å². The minimum atomic E-state index is -1.61. The van der Waals surface area contributed by atoms with Crippen LogP contribution in [0.5, 0.6) is 11.5 Å². The lowest BCUT2D eigenvalue weighted by Crippen LogP contribution is -3.16. The van der Waals surface area contributed by atoms with Crippen LogP contribution in [0.15, 0.2) is 35.9 Å². The molecule has 12 heteroatoms. The third-order valence-electron chi connectivity index (χ3n) is 10.5. The molecule has 0 radical (unpaired) electrons. The van der Waals surface area contributed by atoms with Crippen molar-refractivity contribution in [3.8, 4) is 11.5 Å². The number of nitrogens with zero attached hydrogens (tertiary/aromatic N) is 1. The molecule has 2 bridgehead atoms. The van der Waals surface area contributed by atoms with Crippen molar-refractivity contribution in [2.24, 2.45) is 11.8 Å². The first-order valence-corrected chi connectivity index (χ1v) is 15.0. The van der Waals surface area contributed by atoms with Crippen LogP contribution in [-0.2, 0) is 14.9 Å². The molecule has 2 N–H and O–H groups in total. The minimum Gasteiger partial charge on any atom is -0.545 e. The molecule has 8 rings (SSSR count). The maximum atomic E-state index is 13.5. The van der Waals surface area contributed by atoms with Gasteiger partial charge in [0, 0.05) is 30.4 Å². The van der Waals surface area contributed by atoms with E-state index in [0.29, 0.717) is 36.7 Å². The molecule has 1 saturated carbocycles. The monoisotopic (exact) mass is 628 g/mol. The van der Waals surface area contributed by atoms with Crippen LogP contribution in [0.2, 0.25) is 10.0 Å². The molecule has 5 heterocycles. The maximum absolute atomic E-state index is 13.5. The third kappa shape index (κ3) is 3.96. The van der Waals surface area contributed by atoms with E-state index in [2.05, 4.69) is 23.1 Å². The van der Waals surface area contributed by atoms with E-state index in [1.54, 1.807) is 24.7 Å². The average molecular weight is 629 g/mol. The van der Waals surface area contributed by atoms with E-state index in [9.17, 15) is 19.5 Å². The molecule has 7 atom stereocenters. The molecule has 43 heavy (non-hydrogen) atoms. The number of quaternary nitrogens is 1. The maximum Gasteiger partial charge on any atom is 0.336 e. The molecule has 10 nitrogen and oxygen atoms in total. The van der Waals surface area contributed by atoms with Gasteiger partial charge in [0.1, 0.15) is 6.04 Å². The summed E-state index contributed by atoms with van der Waals surface area (Å²) >= 11 is 11.0. The second-order valence-electron chi connectivity index (χ2n) is 12.0. The molecule has 0 aromatic heterocycles. The van der Waals surface area contributed by atoms with E-state index in [1.165, 1.54) is 18.5 Å². The fourth-order valence-electron chi connectivity index (χ4n) is 8.99. The van der Waals surface area contributed by atoms with Gasteiger partial charge in [0.25, 0.3) is 0 Å². The number of hydrogen-bond acceptors (Lipinski definition) is 7. The smallest absolute Gasteiger partial charge is 0.336 e. The highest BCUT2D eigenvalue weighted by molar-refractivity contribution is 6.42. The van der Waals surface area contributed by atoms with Gasteiger partial charge in [0.05, 0.1) is 85.2 Å². The lowest BCUT2D eigenvalue weighted by Gasteiger charge is -2.56. The van der Waals surface area contributed by atoms with E-state index >= 15 is 0 Å². The van der Waals surface area contributed by atoms with Gasteiger partial charge in [-0.1, -0.05) is 29.3 Å². The number of ether oxygens (including phenoxy) is 3. The van der Waals surface area contributed by atoms with Crippen LogP contribution in [0.25, 0.3) is 0 Å². The highest BCUT2D eigenvalue weighted by atomic mass is 35.5. The number of amides is 1. The Balaban J connectivity index is 0.000000183. The number of piperidine rings is 2. The Hall–Kier alpha value is -3.31. The molecule has 5 aliphatic heterocycles. The van der Waals surface area contributed by atoms with Crippen molar-refractivity contribution in [1.82, 2.24) is 0 Å². The van der Waals surface area contributed by atoms with Gasteiger partial charge in [0.15, 0.2) is 11.5 Å². The van der Waals surface area contributed by atoms with Gasteiger partial charge in [0.2, 0.25) is 5.91 Å². The number of carbonyl (C=O) groups is 3. The summed E-state index contributed by atoms with van der Waals surface area (Å²) in [5, 5.41) is 19.1. The van der Waals surface area contributed by atoms with Crippen molar-refractivity contribution in [2.45, 2.75) is 42.9 Å². The molecule has 226 valence electrons. The number of anilines is 1. The van der Waals surface area contributed by atoms with Crippen LogP contribution in [0.4, 0.5) is 5.69 Å². The van der Waals surface area contributed by atoms with Crippen LogP contribution in [0, 0.1) is 11.8 Å². The fourth-order valence-corrected chi connectivity index (χ4v) is 9.31. The molecule has 2 aromatic carbocycles. The summed E-state index contributed by atoms with van der Waals surface area (Å²) in [4.78, 5) is 38.4. The van der Waals surface area contributed by atoms with Crippen LogP contribution in [-0.4, -0.2) is 75.1 Å². The zero-order valence-corrected chi connectivity index (χ0v) is 25.0. The van der Waals surface area contributed by atoms with Crippen molar-refractivity contribution in [1.29, 1.82) is 0 Å². The van der Waals surface area contributed by atoms with Crippen molar-refractivity contribution < 1.29 is 43.7 Å². The second-order valence-corrected chi connectivity index (χ2v) is 12.9. The summed E-state index contributed by atoms with van der Waals surface area (Å²) in [7, 11) is 3.37. The summed E-state index contributed by atoms with van der Waals surface area (Å²) < 4.78 is 17.6. The van der Waals surface area contributed by atoms with Gasteiger partial charge < -0.3 is 39.0 Å². The number of carbonyl (C=O) groups excluding carboxylic acids is 2. The molecule has 3 saturated heterocycles. The van der Waals surface area contributed by atoms with Crippen molar-refractivity contribution in [3.05, 3.63) is 62.7 Å². The lowest BCUT2D eigenvalue weighted by atomic mass is 9.53. The summed E-state index contributed by atoms with van der Waals surface area (Å²) in [6, 6.07) is 6.91. The van der Waals surface area contributed by atoms with E-state index in [-0.39, 0.29) is 33.5 Å². The highest BCUT2D eigenvalue weighted by Gasteiger charge is 2.73. The Labute approximate surface area is 257 Å². The molecule has 6 aliphatic rings.